The van der Waals surface area contributed by atoms with Gasteiger partial charge in [0.1, 0.15) is 17.1 Å². The maximum absolute atomic E-state index is 14.0. The first kappa shape index (κ1) is 63.9. The van der Waals surface area contributed by atoms with Gasteiger partial charge in [0.25, 0.3) is 0 Å². The highest BCUT2D eigenvalue weighted by molar-refractivity contribution is 7.80. The van der Waals surface area contributed by atoms with Gasteiger partial charge in [0, 0.05) is 39.3 Å². The number of thiocarbonyl (C=S) groups is 3. The van der Waals surface area contributed by atoms with Crippen molar-refractivity contribution in [2.24, 2.45) is 0 Å². The lowest BCUT2D eigenvalue weighted by Gasteiger charge is -2.39. The molecule has 0 spiro atoms. The van der Waals surface area contributed by atoms with Crippen molar-refractivity contribution in [2.75, 3.05) is 81.4 Å². The fourth-order valence-corrected chi connectivity index (χ4v) is 7.19. The molecule has 3 rings (SSSR count). The summed E-state index contributed by atoms with van der Waals surface area (Å²) in [5.41, 5.74) is -4.41. The Labute approximate surface area is 418 Å². The summed E-state index contributed by atoms with van der Waals surface area (Å²) in [7, 11) is 0. The molecule has 0 bridgehead atoms. The van der Waals surface area contributed by atoms with Gasteiger partial charge in [-0.15, -0.1) is 0 Å². The van der Waals surface area contributed by atoms with Crippen LogP contribution in [0.2, 0.25) is 0 Å². The van der Waals surface area contributed by atoms with Gasteiger partial charge in [-0.25, -0.2) is 65.9 Å². The lowest BCUT2D eigenvalue weighted by molar-refractivity contribution is -0.929. The first-order valence-electron chi connectivity index (χ1n) is 21.8. The Morgan fingerprint density at radius 2 is 0.543 bits per heavy atom. The minimum Gasteiger partial charge on any atom is -1.00 e. The molecule has 0 aliphatic rings. The Balaban J connectivity index is 0.00000116. The van der Waals surface area contributed by atoms with Gasteiger partial charge in [-0.3, -0.25) is 4.90 Å². The second-order valence-corrected chi connectivity index (χ2v) is 16.7. The zero-order valence-corrected chi connectivity index (χ0v) is 41.6. The van der Waals surface area contributed by atoms with Gasteiger partial charge < -0.3 is 48.8 Å². The van der Waals surface area contributed by atoms with E-state index in [9.17, 15) is 65.9 Å². The maximum Gasteiger partial charge on any atom is 0.200 e. The standard InChI is InChI=1S/C27H18F15N7S3.C16H36N.ClH/c28-7-10(31)16(37)22(17(38)11(7)32)46-25(50)43-1-4-49(5-2-44-26(51)47-23-18(39)12(33)8(29)13(34)19(23)40)6-3-45-27(52)48-24-20(41)14(35)9(30)15(36)21(24)42;1-5-9-13-17(14-10-6-2,15-11-7-3)16-12-8-4;/h1-6H2,(H2,43,46,50)(H2,44,47,51)(H2,45,48,52);5-16H2,1-4H3;1H/q;+1;/p-1. The molecule has 3 aromatic carbocycles. The maximum atomic E-state index is 14.0. The summed E-state index contributed by atoms with van der Waals surface area (Å²) in [6, 6.07) is 0. The van der Waals surface area contributed by atoms with Crippen molar-refractivity contribution in [3.63, 3.8) is 0 Å². The lowest BCUT2D eigenvalue weighted by Crippen LogP contribution is -3.00. The van der Waals surface area contributed by atoms with Crippen LogP contribution in [0.15, 0.2) is 0 Å². The van der Waals surface area contributed by atoms with E-state index >= 15 is 0 Å². The predicted octanol–water partition coefficient (Wildman–Crippen LogP) is 8.34. The topological polar surface area (TPSA) is 75.4 Å². The molecule has 0 amide bonds. The van der Waals surface area contributed by atoms with E-state index in [0.717, 1.165) is 0 Å². The van der Waals surface area contributed by atoms with E-state index in [1.54, 1.807) is 0 Å². The summed E-state index contributed by atoms with van der Waals surface area (Å²) in [4.78, 5) is 1.44. The third kappa shape index (κ3) is 18.2. The highest BCUT2D eigenvalue weighted by Crippen LogP contribution is 2.29. The molecule has 0 aromatic heterocycles. The predicted molar refractivity (Wildman–Crippen MR) is 247 cm³/mol. The summed E-state index contributed by atoms with van der Waals surface area (Å²) in [6.45, 7) is 13.9. The number of hydrogen-bond donors (Lipinski definition) is 6. The van der Waals surface area contributed by atoms with Gasteiger partial charge >= 0.3 is 0 Å². The van der Waals surface area contributed by atoms with Gasteiger partial charge in [0.15, 0.2) is 85.1 Å². The summed E-state index contributed by atoms with van der Waals surface area (Å²) >= 11 is 14.5. The molecule has 0 aliphatic carbocycles. The molecule has 0 atom stereocenters. The number of anilines is 3. The number of hydrogen-bond acceptors (Lipinski definition) is 4. The van der Waals surface area contributed by atoms with E-state index in [1.165, 1.54) is 86.9 Å². The minimum atomic E-state index is -2.42. The molecule has 70 heavy (non-hydrogen) atoms. The smallest absolute Gasteiger partial charge is 0.200 e. The van der Waals surface area contributed by atoms with E-state index < -0.39 is 120 Å². The van der Waals surface area contributed by atoms with Crippen LogP contribution in [0.5, 0.6) is 0 Å². The van der Waals surface area contributed by atoms with Crippen LogP contribution in [0.25, 0.3) is 0 Å². The van der Waals surface area contributed by atoms with E-state index in [0.29, 0.717) is 0 Å². The average molecular weight is 1100 g/mol. The third-order valence-corrected chi connectivity index (χ3v) is 11.2. The first-order chi connectivity index (χ1) is 32.5. The second-order valence-electron chi connectivity index (χ2n) is 15.5. The summed E-state index contributed by atoms with van der Waals surface area (Å²) in [6.07, 6.45) is 11.1. The van der Waals surface area contributed by atoms with Crippen LogP contribution in [0.4, 0.5) is 82.9 Å². The Morgan fingerprint density at radius 1 is 0.357 bits per heavy atom. The monoisotopic (exact) mass is 1100 g/mol. The number of unbranched alkanes of at least 4 members (excludes halogenated alkanes) is 4. The highest BCUT2D eigenvalue weighted by Gasteiger charge is 2.29. The van der Waals surface area contributed by atoms with Gasteiger partial charge in [-0.2, -0.15) is 0 Å². The molecule has 0 heterocycles. The Morgan fingerprint density at radius 3 is 0.729 bits per heavy atom. The highest BCUT2D eigenvalue weighted by atomic mass is 35.5. The number of rotatable bonds is 24. The molecule has 0 unspecified atom stereocenters. The molecule has 0 radical (unpaired) electrons. The van der Waals surface area contributed by atoms with Crippen molar-refractivity contribution in [3.8, 4) is 0 Å². The molecule has 0 saturated heterocycles. The lowest BCUT2D eigenvalue weighted by atomic mass is 10.1. The fourth-order valence-electron chi connectivity index (χ4n) is 6.58. The van der Waals surface area contributed by atoms with Gasteiger partial charge in [-0.05, 0) is 62.3 Å². The largest absolute Gasteiger partial charge is 1.00 e. The van der Waals surface area contributed by atoms with E-state index in [1.807, 2.05) is 16.0 Å². The Hall–Kier alpha value is -4.11. The fraction of sp³-hybridized carbons (Fsp3) is 0.512. The normalized spacial score (nSPS) is 11.1. The Bertz CT molecular complexity index is 1890. The zero-order chi connectivity index (χ0) is 52.2. The van der Waals surface area contributed by atoms with E-state index in [2.05, 4.69) is 43.6 Å². The van der Waals surface area contributed by atoms with Crippen molar-refractivity contribution in [2.45, 2.75) is 79.1 Å². The van der Waals surface area contributed by atoms with Crippen molar-refractivity contribution in [1.82, 2.24) is 20.9 Å². The quantitative estimate of drug-likeness (QED) is 0.0174. The molecule has 6 N–H and O–H groups in total. The summed E-state index contributed by atoms with van der Waals surface area (Å²) < 4.78 is 206. The Kier molecular flexibility index (Phi) is 28.6. The average Bonchev–Trinajstić information content (AvgIpc) is 3.33. The first-order valence-corrected chi connectivity index (χ1v) is 23.0. The number of quaternary nitrogens is 1. The van der Waals surface area contributed by atoms with Gasteiger partial charge in [0.05, 0.1) is 26.2 Å². The molecule has 396 valence electrons. The number of benzene rings is 3. The number of nitrogens with one attached hydrogen (secondary N) is 6. The summed E-state index contributed by atoms with van der Waals surface area (Å²) in [5.74, 6) is -34.1. The minimum absolute atomic E-state index is 0. The van der Waals surface area contributed by atoms with Crippen LogP contribution in [0, 0.1) is 87.3 Å². The van der Waals surface area contributed by atoms with E-state index in [4.69, 9.17) is 36.7 Å². The van der Waals surface area contributed by atoms with Gasteiger partial charge in [0.2, 0.25) is 17.5 Å². The van der Waals surface area contributed by atoms with Crippen molar-refractivity contribution < 1.29 is 82.7 Å². The molecule has 8 nitrogen and oxygen atoms in total. The van der Waals surface area contributed by atoms with Crippen molar-refractivity contribution in [3.05, 3.63) is 87.3 Å². The number of nitrogens with zero attached hydrogens (tertiary/aromatic N) is 2. The molecular formula is C43H54ClF15N8S3. The molecule has 0 aliphatic heterocycles. The van der Waals surface area contributed by atoms with Crippen molar-refractivity contribution in [1.29, 1.82) is 0 Å². The van der Waals surface area contributed by atoms with Crippen LogP contribution < -0.4 is 44.3 Å². The van der Waals surface area contributed by atoms with Crippen LogP contribution in [-0.2, 0) is 0 Å². The SMILES string of the molecule is CCCC[N+](CCCC)(CCCC)CCCC.Fc1c(F)c(F)c(NC(=S)NCCN(CCNC(=S)Nc2c(F)c(F)c(F)c(F)c2F)CCNC(=S)Nc2c(F)c(F)c(F)c(F)c2F)c(F)c1F.[Cl-]. The van der Waals surface area contributed by atoms with E-state index in [-0.39, 0.29) is 51.7 Å². The van der Waals surface area contributed by atoms with Crippen molar-refractivity contribution >= 4 is 69.1 Å². The zero-order valence-electron chi connectivity index (χ0n) is 38.4. The number of halogens is 16. The van der Waals surface area contributed by atoms with Crippen LogP contribution in [0.3, 0.4) is 0 Å². The van der Waals surface area contributed by atoms with Crippen LogP contribution in [0.1, 0.15) is 79.1 Å². The van der Waals surface area contributed by atoms with Crippen LogP contribution >= 0.6 is 36.7 Å². The molecule has 3 aromatic rings. The van der Waals surface area contributed by atoms with Gasteiger partial charge in [-0.1, -0.05) is 53.4 Å². The molecule has 27 heteroatoms. The molecule has 0 saturated carbocycles. The molecular weight excluding hydrogens is 1050 g/mol. The summed E-state index contributed by atoms with van der Waals surface area (Å²) in [5, 5.41) is 10.8. The van der Waals surface area contributed by atoms with Crippen LogP contribution in [-0.4, -0.2) is 90.2 Å². The molecule has 0 fully saturated rings. The third-order valence-electron chi connectivity index (χ3n) is 10.4. The second kappa shape index (κ2) is 31.4.